The predicted molar refractivity (Wildman–Crippen MR) is 36.5 cm³/mol. The van der Waals surface area contributed by atoms with Gasteiger partial charge in [-0.25, -0.2) is 5.48 Å². The number of aromatic nitrogens is 2. The number of hydroxylamine groups is 1. The summed E-state index contributed by atoms with van der Waals surface area (Å²) in [5, 5.41) is 12.3. The van der Waals surface area contributed by atoms with Gasteiger partial charge in [0.15, 0.2) is 0 Å². The van der Waals surface area contributed by atoms with Gasteiger partial charge in [-0.3, -0.25) is 4.68 Å². The summed E-state index contributed by atoms with van der Waals surface area (Å²) in [5.41, 5.74) is 3.06. The van der Waals surface area contributed by atoms with Gasteiger partial charge in [0.2, 0.25) is 0 Å². The standard InChI is InChI=1S/C6H11N3O/c1-2-9-5-6(3-7-9)4-8-10/h3,5,8,10H,2,4H2,1H3. The van der Waals surface area contributed by atoms with Crippen LogP contribution >= 0.6 is 0 Å². The van der Waals surface area contributed by atoms with Crippen LogP contribution in [-0.4, -0.2) is 15.0 Å². The van der Waals surface area contributed by atoms with Crippen molar-refractivity contribution in [3.63, 3.8) is 0 Å². The monoisotopic (exact) mass is 141 g/mol. The van der Waals surface area contributed by atoms with E-state index in [1.54, 1.807) is 6.20 Å². The van der Waals surface area contributed by atoms with E-state index in [4.69, 9.17) is 5.21 Å². The molecule has 0 bridgehead atoms. The molecule has 0 saturated heterocycles. The number of hydrogen-bond donors (Lipinski definition) is 2. The molecule has 56 valence electrons. The van der Waals surface area contributed by atoms with E-state index in [9.17, 15) is 0 Å². The number of hydrogen-bond acceptors (Lipinski definition) is 3. The molecular formula is C6H11N3O. The van der Waals surface area contributed by atoms with Gasteiger partial charge in [-0.1, -0.05) is 0 Å². The van der Waals surface area contributed by atoms with Crippen molar-refractivity contribution < 1.29 is 5.21 Å². The van der Waals surface area contributed by atoms with Gasteiger partial charge in [-0.15, -0.1) is 0 Å². The van der Waals surface area contributed by atoms with Crippen LogP contribution in [0.5, 0.6) is 0 Å². The van der Waals surface area contributed by atoms with E-state index in [0.717, 1.165) is 12.1 Å². The highest BCUT2D eigenvalue weighted by atomic mass is 16.5. The summed E-state index contributed by atoms with van der Waals surface area (Å²) in [6.07, 6.45) is 3.62. The van der Waals surface area contributed by atoms with Crippen LogP contribution in [-0.2, 0) is 13.1 Å². The summed E-state index contributed by atoms with van der Waals surface area (Å²) in [6, 6.07) is 0. The molecule has 0 aliphatic heterocycles. The zero-order valence-corrected chi connectivity index (χ0v) is 5.91. The highest BCUT2D eigenvalue weighted by Crippen LogP contribution is 1.95. The molecule has 0 aliphatic carbocycles. The molecule has 0 radical (unpaired) electrons. The maximum absolute atomic E-state index is 8.31. The Hall–Kier alpha value is -0.870. The molecular weight excluding hydrogens is 130 g/mol. The molecule has 0 spiro atoms. The number of nitrogens with zero attached hydrogens (tertiary/aromatic N) is 2. The fourth-order valence-corrected chi connectivity index (χ4v) is 0.762. The molecule has 0 amide bonds. The van der Waals surface area contributed by atoms with Gasteiger partial charge in [-0.2, -0.15) is 5.10 Å². The molecule has 0 unspecified atom stereocenters. The smallest absolute Gasteiger partial charge is 0.0535 e. The Bertz CT molecular complexity index is 197. The van der Waals surface area contributed by atoms with Gasteiger partial charge in [0, 0.05) is 24.8 Å². The van der Waals surface area contributed by atoms with E-state index < -0.39 is 0 Å². The minimum atomic E-state index is 0.458. The Labute approximate surface area is 59.4 Å². The van der Waals surface area contributed by atoms with Crippen molar-refractivity contribution in [2.45, 2.75) is 20.0 Å². The van der Waals surface area contributed by atoms with E-state index in [1.807, 2.05) is 17.8 Å². The van der Waals surface area contributed by atoms with Crippen LogP contribution in [0.1, 0.15) is 12.5 Å². The molecule has 10 heavy (non-hydrogen) atoms. The van der Waals surface area contributed by atoms with Gasteiger partial charge >= 0.3 is 0 Å². The van der Waals surface area contributed by atoms with Crippen molar-refractivity contribution in [3.8, 4) is 0 Å². The zero-order valence-electron chi connectivity index (χ0n) is 5.91. The van der Waals surface area contributed by atoms with Gasteiger partial charge in [0.1, 0.15) is 0 Å². The molecule has 2 N–H and O–H groups in total. The first-order valence-electron chi connectivity index (χ1n) is 3.25. The molecule has 1 aromatic rings. The molecule has 0 aliphatic rings. The Morgan fingerprint density at radius 3 is 3.10 bits per heavy atom. The van der Waals surface area contributed by atoms with Crippen LogP contribution < -0.4 is 5.48 Å². The predicted octanol–water partition coefficient (Wildman–Crippen LogP) is 0.382. The molecule has 1 aromatic heterocycles. The maximum atomic E-state index is 8.31. The van der Waals surface area contributed by atoms with Crippen molar-refractivity contribution in [1.29, 1.82) is 0 Å². The van der Waals surface area contributed by atoms with Gasteiger partial charge in [0.05, 0.1) is 6.20 Å². The maximum Gasteiger partial charge on any atom is 0.0535 e. The lowest BCUT2D eigenvalue weighted by molar-refractivity contribution is 0.161. The van der Waals surface area contributed by atoms with Gasteiger partial charge < -0.3 is 5.21 Å². The van der Waals surface area contributed by atoms with Crippen molar-refractivity contribution >= 4 is 0 Å². The zero-order chi connectivity index (χ0) is 7.40. The molecule has 1 rings (SSSR count). The number of nitrogens with one attached hydrogen (secondary N) is 1. The molecule has 1 heterocycles. The molecule has 0 saturated carbocycles. The van der Waals surface area contributed by atoms with E-state index in [1.165, 1.54) is 0 Å². The van der Waals surface area contributed by atoms with Crippen LogP contribution in [0.3, 0.4) is 0 Å². The van der Waals surface area contributed by atoms with Crippen molar-refractivity contribution in [2.24, 2.45) is 0 Å². The van der Waals surface area contributed by atoms with Gasteiger partial charge in [0.25, 0.3) is 0 Å². The van der Waals surface area contributed by atoms with Gasteiger partial charge in [-0.05, 0) is 6.92 Å². The first kappa shape index (κ1) is 7.24. The summed E-state index contributed by atoms with van der Waals surface area (Å²) in [5.74, 6) is 0. The lowest BCUT2D eigenvalue weighted by Crippen LogP contribution is -2.04. The Morgan fingerprint density at radius 2 is 2.60 bits per heavy atom. The lowest BCUT2D eigenvalue weighted by atomic mass is 10.4. The van der Waals surface area contributed by atoms with Crippen LogP contribution in [0.4, 0.5) is 0 Å². The Kier molecular flexibility index (Phi) is 2.42. The van der Waals surface area contributed by atoms with Crippen molar-refractivity contribution in [3.05, 3.63) is 18.0 Å². The SMILES string of the molecule is CCn1cc(CNO)cn1. The third-order valence-electron chi connectivity index (χ3n) is 1.29. The normalized spacial score (nSPS) is 10.2. The highest BCUT2D eigenvalue weighted by molar-refractivity contribution is 5.02. The Balaban J connectivity index is 2.59. The summed E-state index contributed by atoms with van der Waals surface area (Å²) in [4.78, 5) is 0. The summed E-state index contributed by atoms with van der Waals surface area (Å²) >= 11 is 0. The highest BCUT2D eigenvalue weighted by Gasteiger charge is 1.93. The van der Waals surface area contributed by atoms with Crippen LogP contribution in [0.15, 0.2) is 12.4 Å². The first-order valence-corrected chi connectivity index (χ1v) is 3.25. The van der Waals surface area contributed by atoms with Crippen molar-refractivity contribution in [1.82, 2.24) is 15.3 Å². The fraction of sp³-hybridized carbons (Fsp3) is 0.500. The minimum Gasteiger partial charge on any atom is -0.316 e. The topological polar surface area (TPSA) is 50.1 Å². The average molecular weight is 141 g/mol. The average Bonchev–Trinajstić information content (AvgIpc) is 2.37. The van der Waals surface area contributed by atoms with Crippen LogP contribution in [0, 0.1) is 0 Å². The molecule has 0 fully saturated rings. The third kappa shape index (κ3) is 1.55. The second-order valence-electron chi connectivity index (χ2n) is 2.04. The molecule has 4 heteroatoms. The second-order valence-corrected chi connectivity index (χ2v) is 2.04. The quantitative estimate of drug-likeness (QED) is 0.598. The van der Waals surface area contributed by atoms with Crippen molar-refractivity contribution in [2.75, 3.05) is 0 Å². The fourth-order valence-electron chi connectivity index (χ4n) is 0.762. The summed E-state index contributed by atoms with van der Waals surface area (Å²) < 4.78 is 1.81. The molecule has 4 nitrogen and oxygen atoms in total. The van der Waals surface area contributed by atoms with Crippen LogP contribution in [0.2, 0.25) is 0 Å². The largest absolute Gasteiger partial charge is 0.316 e. The lowest BCUT2D eigenvalue weighted by Gasteiger charge is -1.91. The Morgan fingerprint density at radius 1 is 1.80 bits per heavy atom. The van der Waals surface area contributed by atoms with E-state index >= 15 is 0 Å². The number of rotatable bonds is 3. The summed E-state index contributed by atoms with van der Waals surface area (Å²) in [7, 11) is 0. The van der Waals surface area contributed by atoms with Crippen LogP contribution in [0.25, 0.3) is 0 Å². The first-order chi connectivity index (χ1) is 4.86. The number of aryl methyl sites for hydroxylation is 1. The van der Waals surface area contributed by atoms with E-state index in [2.05, 4.69) is 10.6 Å². The third-order valence-corrected chi connectivity index (χ3v) is 1.29. The second kappa shape index (κ2) is 3.34. The van der Waals surface area contributed by atoms with E-state index in [0.29, 0.717) is 6.54 Å². The minimum absolute atomic E-state index is 0.458. The summed E-state index contributed by atoms with van der Waals surface area (Å²) in [6.45, 7) is 3.34. The van der Waals surface area contributed by atoms with E-state index in [-0.39, 0.29) is 0 Å². The molecule has 0 atom stereocenters. The molecule has 0 aromatic carbocycles.